The van der Waals surface area contributed by atoms with Crippen LogP contribution in [0, 0.1) is 17.8 Å². The molecule has 2 fully saturated rings. The second kappa shape index (κ2) is 5.23. The molecule has 0 N–H and O–H groups in total. The average molecular weight is 244 g/mol. The first-order valence-electron chi connectivity index (χ1n) is 6.89. The summed E-state index contributed by atoms with van der Waals surface area (Å²) in [6.07, 6.45) is 3.98. The van der Waals surface area contributed by atoms with Crippen molar-refractivity contribution >= 4 is 0 Å². The molecule has 3 heteroatoms. The van der Waals surface area contributed by atoms with E-state index in [1.165, 1.54) is 0 Å². The summed E-state index contributed by atoms with van der Waals surface area (Å²) in [5.41, 5.74) is -1.03. The molecule has 0 aromatic carbocycles. The Morgan fingerprint density at radius 2 is 1.53 bits per heavy atom. The van der Waals surface area contributed by atoms with Crippen molar-refractivity contribution in [1.29, 1.82) is 0 Å². The van der Waals surface area contributed by atoms with E-state index < -0.39 is 5.67 Å². The van der Waals surface area contributed by atoms with Gasteiger partial charge in [-0.25, -0.2) is 4.39 Å². The molecule has 2 aliphatic rings. The molecule has 0 unspecified atom stereocenters. The fraction of sp³-hybridized carbons (Fsp3) is 1.00. The summed E-state index contributed by atoms with van der Waals surface area (Å²) < 4.78 is 25.3. The maximum Gasteiger partial charge on any atom is 0.160 e. The van der Waals surface area contributed by atoms with Crippen LogP contribution in [0.4, 0.5) is 4.39 Å². The van der Waals surface area contributed by atoms with Gasteiger partial charge in [0, 0.05) is 11.8 Å². The highest BCUT2D eigenvalue weighted by Gasteiger charge is 2.37. The molecule has 0 bridgehead atoms. The van der Waals surface area contributed by atoms with E-state index in [9.17, 15) is 4.39 Å². The molecule has 0 amide bonds. The summed E-state index contributed by atoms with van der Waals surface area (Å²) in [5.74, 6) is 1.19. The quantitative estimate of drug-likeness (QED) is 0.739. The van der Waals surface area contributed by atoms with E-state index in [-0.39, 0.29) is 12.2 Å². The van der Waals surface area contributed by atoms with Gasteiger partial charge < -0.3 is 9.47 Å². The highest BCUT2D eigenvalue weighted by Crippen LogP contribution is 2.39. The minimum Gasteiger partial charge on any atom is -0.352 e. The van der Waals surface area contributed by atoms with Gasteiger partial charge in [0.05, 0.1) is 13.2 Å². The molecule has 0 spiro atoms. The lowest BCUT2D eigenvalue weighted by atomic mass is 9.75. The van der Waals surface area contributed by atoms with Gasteiger partial charge in [0.2, 0.25) is 0 Å². The third kappa shape index (κ3) is 3.41. The van der Waals surface area contributed by atoms with Crippen molar-refractivity contribution in [2.75, 3.05) is 13.2 Å². The summed E-state index contributed by atoms with van der Waals surface area (Å²) in [7, 11) is 0. The lowest BCUT2D eigenvalue weighted by Crippen LogP contribution is -2.39. The highest BCUT2D eigenvalue weighted by molar-refractivity contribution is 4.84. The molecule has 0 aromatic rings. The largest absolute Gasteiger partial charge is 0.352 e. The van der Waals surface area contributed by atoms with Gasteiger partial charge in [0.1, 0.15) is 5.67 Å². The van der Waals surface area contributed by atoms with E-state index in [0.717, 1.165) is 38.9 Å². The summed E-state index contributed by atoms with van der Waals surface area (Å²) >= 11 is 0. The van der Waals surface area contributed by atoms with E-state index in [0.29, 0.717) is 11.8 Å². The molecular formula is C14H25FO2. The molecular weight excluding hydrogens is 219 g/mol. The molecule has 0 aromatic heterocycles. The smallest absolute Gasteiger partial charge is 0.160 e. The van der Waals surface area contributed by atoms with Crippen LogP contribution >= 0.6 is 0 Å². The Morgan fingerprint density at radius 3 is 2.00 bits per heavy atom. The van der Waals surface area contributed by atoms with Crippen LogP contribution in [0.1, 0.15) is 46.5 Å². The minimum atomic E-state index is -1.03. The number of ether oxygens (including phenoxy) is 2. The van der Waals surface area contributed by atoms with Gasteiger partial charge in [-0.2, -0.15) is 0 Å². The van der Waals surface area contributed by atoms with Gasteiger partial charge in [0.15, 0.2) is 6.29 Å². The molecule has 0 atom stereocenters. The van der Waals surface area contributed by atoms with E-state index in [2.05, 4.69) is 6.92 Å². The zero-order valence-electron chi connectivity index (χ0n) is 11.2. The van der Waals surface area contributed by atoms with Crippen molar-refractivity contribution < 1.29 is 13.9 Å². The second-order valence-corrected chi connectivity index (χ2v) is 6.32. The average Bonchev–Trinajstić information content (AvgIpc) is 2.29. The Hall–Kier alpha value is -0.150. The van der Waals surface area contributed by atoms with Crippen LogP contribution in [0.5, 0.6) is 0 Å². The van der Waals surface area contributed by atoms with Gasteiger partial charge in [-0.15, -0.1) is 0 Å². The van der Waals surface area contributed by atoms with Crippen molar-refractivity contribution in [3.63, 3.8) is 0 Å². The maximum atomic E-state index is 13.8. The number of rotatable bonds is 2. The molecule has 0 radical (unpaired) electrons. The molecule has 1 saturated heterocycles. The van der Waals surface area contributed by atoms with Crippen LogP contribution in [0.15, 0.2) is 0 Å². The molecule has 100 valence electrons. The zero-order chi connectivity index (χ0) is 12.5. The van der Waals surface area contributed by atoms with Crippen molar-refractivity contribution in [3.05, 3.63) is 0 Å². The van der Waals surface area contributed by atoms with E-state index >= 15 is 0 Å². The molecule has 1 aliphatic heterocycles. The fourth-order valence-corrected chi connectivity index (χ4v) is 2.96. The zero-order valence-corrected chi connectivity index (χ0v) is 11.2. The first-order valence-corrected chi connectivity index (χ1v) is 6.89. The number of alkyl halides is 1. The van der Waals surface area contributed by atoms with Crippen molar-refractivity contribution in [2.45, 2.75) is 58.4 Å². The topological polar surface area (TPSA) is 18.5 Å². The maximum absolute atomic E-state index is 13.8. The molecule has 17 heavy (non-hydrogen) atoms. The van der Waals surface area contributed by atoms with Crippen LogP contribution in [0.2, 0.25) is 0 Å². The van der Waals surface area contributed by atoms with Gasteiger partial charge >= 0.3 is 0 Å². The Kier molecular flexibility index (Phi) is 4.09. The van der Waals surface area contributed by atoms with Gasteiger partial charge in [-0.1, -0.05) is 6.92 Å². The van der Waals surface area contributed by atoms with E-state index in [1.807, 2.05) is 0 Å². The SMILES string of the molecule is CC1COC(C2CCC(C(C)(C)F)CC2)OC1. The van der Waals surface area contributed by atoms with Crippen LogP contribution < -0.4 is 0 Å². The third-order valence-electron chi connectivity index (χ3n) is 4.22. The Morgan fingerprint density at radius 1 is 1.00 bits per heavy atom. The highest BCUT2D eigenvalue weighted by atomic mass is 19.1. The lowest BCUT2D eigenvalue weighted by Gasteiger charge is -2.39. The normalized spacial score (nSPS) is 40.2. The summed E-state index contributed by atoms with van der Waals surface area (Å²) in [4.78, 5) is 0. The first-order chi connectivity index (χ1) is 7.97. The lowest BCUT2D eigenvalue weighted by molar-refractivity contribution is -0.227. The van der Waals surface area contributed by atoms with Gasteiger partial charge in [0.25, 0.3) is 0 Å². The number of hydrogen-bond donors (Lipinski definition) is 0. The van der Waals surface area contributed by atoms with Crippen LogP contribution in [0.3, 0.4) is 0 Å². The Balaban J connectivity index is 1.79. The molecule has 1 heterocycles. The monoisotopic (exact) mass is 244 g/mol. The molecule has 1 saturated carbocycles. The second-order valence-electron chi connectivity index (χ2n) is 6.32. The van der Waals surface area contributed by atoms with E-state index in [4.69, 9.17) is 9.47 Å². The minimum absolute atomic E-state index is 0.0325. The van der Waals surface area contributed by atoms with Crippen molar-refractivity contribution in [3.8, 4) is 0 Å². The standard InChI is InChI=1S/C14H25FO2/c1-10-8-16-13(17-9-10)11-4-6-12(7-5-11)14(2,3)15/h10-13H,4-9H2,1-3H3. The molecule has 1 aliphatic carbocycles. The van der Waals surface area contributed by atoms with E-state index in [1.54, 1.807) is 13.8 Å². The van der Waals surface area contributed by atoms with Crippen molar-refractivity contribution in [2.24, 2.45) is 17.8 Å². The van der Waals surface area contributed by atoms with Gasteiger partial charge in [-0.05, 0) is 45.4 Å². The van der Waals surface area contributed by atoms with Crippen LogP contribution in [0.25, 0.3) is 0 Å². The Bertz CT molecular complexity index is 233. The molecule has 2 rings (SSSR count). The Labute approximate surface area is 104 Å². The number of hydrogen-bond acceptors (Lipinski definition) is 2. The van der Waals surface area contributed by atoms with Gasteiger partial charge in [-0.3, -0.25) is 0 Å². The summed E-state index contributed by atoms with van der Waals surface area (Å²) in [6.45, 7) is 7.15. The number of halogens is 1. The predicted molar refractivity (Wildman–Crippen MR) is 65.5 cm³/mol. The third-order valence-corrected chi connectivity index (χ3v) is 4.22. The summed E-state index contributed by atoms with van der Waals surface area (Å²) in [6, 6.07) is 0. The summed E-state index contributed by atoms with van der Waals surface area (Å²) in [5, 5.41) is 0. The molecule has 2 nitrogen and oxygen atoms in total. The van der Waals surface area contributed by atoms with Crippen LogP contribution in [-0.2, 0) is 9.47 Å². The first kappa shape index (κ1) is 13.3. The predicted octanol–water partition coefficient (Wildman–Crippen LogP) is 3.55. The van der Waals surface area contributed by atoms with Crippen LogP contribution in [-0.4, -0.2) is 25.2 Å². The van der Waals surface area contributed by atoms with Crippen molar-refractivity contribution in [1.82, 2.24) is 0 Å². The fourth-order valence-electron chi connectivity index (χ4n) is 2.96.